The van der Waals surface area contributed by atoms with Crippen molar-refractivity contribution in [3.63, 3.8) is 0 Å². The number of likely N-dealkylation sites (tertiary alicyclic amines) is 1. The third-order valence-electron chi connectivity index (χ3n) is 7.19. The van der Waals surface area contributed by atoms with E-state index in [0.717, 1.165) is 54.9 Å². The van der Waals surface area contributed by atoms with Crippen LogP contribution in [0, 0.1) is 0 Å². The zero-order valence-corrected chi connectivity index (χ0v) is 17.8. The number of rotatable bonds is 3. The van der Waals surface area contributed by atoms with Crippen LogP contribution < -0.4 is 21.2 Å². The molecule has 1 unspecified atom stereocenters. The first-order valence-electron chi connectivity index (χ1n) is 11.2. The Labute approximate surface area is 185 Å². The van der Waals surface area contributed by atoms with Gasteiger partial charge in [0.15, 0.2) is 0 Å². The van der Waals surface area contributed by atoms with Gasteiger partial charge < -0.3 is 20.4 Å². The Kier molecular flexibility index (Phi) is 4.43. The van der Waals surface area contributed by atoms with E-state index in [9.17, 15) is 9.59 Å². The van der Waals surface area contributed by atoms with Crippen LogP contribution in [0.15, 0.2) is 59.4 Å². The fraction of sp³-hybridized carbons (Fsp3) is 0.375. The van der Waals surface area contributed by atoms with Crippen LogP contribution in [-0.4, -0.2) is 58.2 Å². The van der Waals surface area contributed by atoms with Gasteiger partial charge in [0.25, 0.3) is 0 Å². The Morgan fingerprint density at radius 3 is 2.56 bits per heavy atom. The fourth-order valence-electron chi connectivity index (χ4n) is 5.51. The molecule has 2 saturated heterocycles. The van der Waals surface area contributed by atoms with Crippen molar-refractivity contribution in [2.24, 2.45) is 0 Å². The molecule has 2 N–H and O–H groups in total. The highest BCUT2D eigenvalue weighted by Gasteiger charge is 2.50. The van der Waals surface area contributed by atoms with Gasteiger partial charge in [0, 0.05) is 30.7 Å². The van der Waals surface area contributed by atoms with E-state index in [0.29, 0.717) is 13.2 Å². The molecule has 0 radical (unpaired) electrons. The first-order valence-corrected chi connectivity index (χ1v) is 11.2. The maximum Gasteiger partial charge on any atom is 0.349 e. The molecule has 2 aromatic carbocycles. The van der Waals surface area contributed by atoms with Crippen molar-refractivity contribution in [1.82, 2.24) is 19.8 Å². The molecule has 1 amide bonds. The average Bonchev–Trinajstić information content (AvgIpc) is 3.38. The zero-order valence-electron chi connectivity index (χ0n) is 17.8. The van der Waals surface area contributed by atoms with Gasteiger partial charge in [-0.15, -0.1) is 0 Å². The molecule has 1 atom stereocenters. The number of aromatic nitrogens is 2. The van der Waals surface area contributed by atoms with Crippen LogP contribution in [-0.2, 0) is 11.3 Å². The minimum absolute atomic E-state index is 0.136. The van der Waals surface area contributed by atoms with Crippen LogP contribution >= 0.6 is 0 Å². The number of nitrogens with one attached hydrogen (secondary N) is 2. The first kappa shape index (κ1) is 19.3. The molecule has 2 fully saturated rings. The lowest BCUT2D eigenvalue weighted by molar-refractivity contribution is -0.125. The predicted octanol–water partition coefficient (Wildman–Crippen LogP) is 1.62. The fourth-order valence-corrected chi connectivity index (χ4v) is 5.51. The number of para-hydroxylation sites is 2. The molecule has 32 heavy (non-hydrogen) atoms. The summed E-state index contributed by atoms with van der Waals surface area (Å²) in [5, 5.41) is 7.60. The van der Waals surface area contributed by atoms with Gasteiger partial charge in [-0.25, -0.2) is 4.79 Å². The highest BCUT2D eigenvalue weighted by atomic mass is 16.2. The van der Waals surface area contributed by atoms with E-state index in [1.54, 1.807) is 4.57 Å². The third kappa shape index (κ3) is 2.97. The van der Waals surface area contributed by atoms with Gasteiger partial charge in [0.05, 0.1) is 24.8 Å². The standard InChI is InChI=1S/C24H26N6O2/c31-22-24(30(16-25-22)18-6-2-1-3-7-18)10-12-28(13-11-24)14-17-15-29-21(26-17)19-8-4-5-9-20(19)27-23(29)32/h1-9,17,26H,10-16H2,(H,25,31). The Morgan fingerprint density at radius 2 is 1.75 bits per heavy atom. The number of amides is 1. The van der Waals surface area contributed by atoms with E-state index in [1.165, 1.54) is 0 Å². The van der Waals surface area contributed by atoms with Crippen LogP contribution in [0.3, 0.4) is 0 Å². The van der Waals surface area contributed by atoms with Gasteiger partial charge in [-0.2, -0.15) is 4.98 Å². The molecule has 8 nitrogen and oxygen atoms in total. The quantitative estimate of drug-likeness (QED) is 0.657. The van der Waals surface area contributed by atoms with Gasteiger partial charge in [-0.3, -0.25) is 9.36 Å². The SMILES string of the molecule is O=C1NCN(c2ccccc2)C12CCN(CC1Cn3c(c4ccccc4nc3=O)N1)CC2. The lowest BCUT2D eigenvalue weighted by Crippen LogP contribution is -2.57. The molecule has 6 rings (SSSR count). The van der Waals surface area contributed by atoms with Crippen molar-refractivity contribution in [3.05, 3.63) is 65.1 Å². The summed E-state index contributed by atoms with van der Waals surface area (Å²) in [6, 6.07) is 18.1. The molecule has 3 aromatic rings. The Balaban J connectivity index is 1.16. The van der Waals surface area contributed by atoms with Crippen LogP contribution in [0.5, 0.6) is 0 Å². The average molecular weight is 431 g/mol. The highest BCUT2D eigenvalue weighted by Crippen LogP contribution is 2.36. The molecule has 1 aromatic heterocycles. The van der Waals surface area contributed by atoms with Crippen molar-refractivity contribution < 1.29 is 4.79 Å². The van der Waals surface area contributed by atoms with E-state index < -0.39 is 5.54 Å². The van der Waals surface area contributed by atoms with Gasteiger partial charge in [-0.05, 0) is 37.1 Å². The summed E-state index contributed by atoms with van der Waals surface area (Å²) in [5.41, 5.74) is 1.14. The molecule has 8 heteroatoms. The van der Waals surface area contributed by atoms with E-state index in [1.807, 2.05) is 42.5 Å². The summed E-state index contributed by atoms with van der Waals surface area (Å²) >= 11 is 0. The normalized spacial score (nSPS) is 22.2. The number of carbonyl (C=O) groups excluding carboxylic acids is 1. The highest BCUT2D eigenvalue weighted by molar-refractivity contribution is 5.93. The molecule has 0 bridgehead atoms. The topological polar surface area (TPSA) is 82.5 Å². The van der Waals surface area contributed by atoms with E-state index in [2.05, 4.69) is 37.6 Å². The van der Waals surface area contributed by atoms with Crippen molar-refractivity contribution in [2.45, 2.75) is 31.0 Å². The second kappa shape index (κ2) is 7.34. The van der Waals surface area contributed by atoms with Gasteiger partial charge >= 0.3 is 5.69 Å². The summed E-state index contributed by atoms with van der Waals surface area (Å²) in [5.74, 6) is 1.00. The maximum absolute atomic E-state index is 12.9. The van der Waals surface area contributed by atoms with Crippen LogP contribution in [0.2, 0.25) is 0 Å². The number of benzene rings is 2. The maximum atomic E-state index is 12.9. The predicted molar refractivity (Wildman–Crippen MR) is 124 cm³/mol. The first-order chi connectivity index (χ1) is 15.6. The Morgan fingerprint density at radius 1 is 1.00 bits per heavy atom. The minimum atomic E-state index is -0.471. The molecular formula is C24H26N6O2. The van der Waals surface area contributed by atoms with Crippen molar-refractivity contribution in [2.75, 3.05) is 36.5 Å². The monoisotopic (exact) mass is 430 g/mol. The second-order valence-electron chi connectivity index (χ2n) is 8.97. The van der Waals surface area contributed by atoms with Crippen LogP contribution in [0.4, 0.5) is 11.5 Å². The minimum Gasteiger partial charge on any atom is -0.365 e. The van der Waals surface area contributed by atoms with E-state index in [4.69, 9.17) is 0 Å². The number of hydrogen-bond acceptors (Lipinski definition) is 6. The Hall–Kier alpha value is -3.39. The molecule has 0 saturated carbocycles. The third-order valence-corrected chi connectivity index (χ3v) is 7.19. The molecule has 1 spiro atoms. The van der Waals surface area contributed by atoms with Crippen LogP contribution in [0.25, 0.3) is 10.9 Å². The number of fused-ring (bicyclic) bond motifs is 3. The van der Waals surface area contributed by atoms with E-state index in [-0.39, 0.29) is 17.6 Å². The molecule has 3 aliphatic rings. The van der Waals surface area contributed by atoms with E-state index >= 15 is 0 Å². The number of hydrogen-bond donors (Lipinski definition) is 2. The molecule has 164 valence electrons. The summed E-state index contributed by atoms with van der Waals surface area (Å²) in [4.78, 5) is 34.2. The largest absolute Gasteiger partial charge is 0.365 e. The number of anilines is 2. The number of piperidine rings is 1. The van der Waals surface area contributed by atoms with Gasteiger partial charge in [0.1, 0.15) is 11.4 Å². The smallest absolute Gasteiger partial charge is 0.349 e. The summed E-state index contributed by atoms with van der Waals surface area (Å²) in [6.45, 7) is 3.70. The second-order valence-corrected chi connectivity index (χ2v) is 8.97. The lowest BCUT2D eigenvalue weighted by atomic mass is 9.85. The van der Waals surface area contributed by atoms with Crippen molar-refractivity contribution >= 4 is 28.3 Å². The van der Waals surface area contributed by atoms with Gasteiger partial charge in [-0.1, -0.05) is 30.3 Å². The molecule has 0 aliphatic carbocycles. The summed E-state index contributed by atoms with van der Waals surface area (Å²) in [7, 11) is 0. The summed E-state index contributed by atoms with van der Waals surface area (Å²) in [6.07, 6.45) is 1.58. The molecule has 4 heterocycles. The lowest BCUT2D eigenvalue weighted by Gasteiger charge is -2.43. The zero-order chi connectivity index (χ0) is 21.7. The number of nitrogens with zero attached hydrogens (tertiary/aromatic N) is 4. The van der Waals surface area contributed by atoms with Crippen molar-refractivity contribution in [3.8, 4) is 0 Å². The summed E-state index contributed by atoms with van der Waals surface area (Å²) < 4.78 is 1.75. The number of carbonyl (C=O) groups is 1. The molecular weight excluding hydrogens is 404 g/mol. The Bertz CT molecular complexity index is 1230. The van der Waals surface area contributed by atoms with Gasteiger partial charge in [0.2, 0.25) is 5.91 Å². The molecule has 3 aliphatic heterocycles. The van der Waals surface area contributed by atoms with Crippen molar-refractivity contribution in [1.29, 1.82) is 0 Å². The van der Waals surface area contributed by atoms with Crippen LogP contribution in [0.1, 0.15) is 12.8 Å².